The van der Waals surface area contributed by atoms with Gasteiger partial charge in [-0.2, -0.15) is 4.98 Å². The molecule has 1 heterocycles. The van der Waals surface area contributed by atoms with E-state index in [4.69, 9.17) is 21.9 Å². The van der Waals surface area contributed by atoms with E-state index in [9.17, 15) is 0 Å². The van der Waals surface area contributed by atoms with Crippen LogP contribution in [0.3, 0.4) is 0 Å². The number of nitrogens with two attached hydrogens (primary N) is 1. The Morgan fingerprint density at radius 1 is 1.38 bits per heavy atom. The van der Waals surface area contributed by atoms with Crippen molar-refractivity contribution in [1.29, 1.82) is 0 Å². The van der Waals surface area contributed by atoms with Crippen LogP contribution < -0.4 is 5.73 Å². The molecule has 2 rings (SSSR count). The SMILES string of the molecule is CCN(CC)C(N)=NCc1nc(-c2cccc(Cl)c2)no1. The summed E-state index contributed by atoms with van der Waals surface area (Å²) in [5.41, 5.74) is 6.70. The first-order chi connectivity index (χ1) is 10.1. The zero-order valence-corrected chi connectivity index (χ0v) is 12.8. The van der Waals surface area contributed by atoms with Gasteiger partial charge in [0.05, 0.1) is 0 Å². The first-order valence-corrected chi connectivity index (χ1v) is 7.15. The monoisotopic (exact) mass is 307 g/mol. The molecular formula is C14H18ClN5O. The highest BCUT2D eigenvalue weighted by atomic mass is 35.5. The second kappa shape index (κ2) is 7.08. The Hall–Kier alpha value is -2.08. The van der Waals surface area contributed by atoms with Crippen LogP contribution in [-0.4, -0.2) is 34.1 Å². The van der Waals surface area contributed by atoms with Gasteiger partial charge in [-0.3, -0.25) is 0 Å². The summed E-state index contributed by atoms with van der Waals surface area (Å²) in [6, 6.07) is 7.28. The first-order valence-electron chi connectivity index (χ1n) is 6.77. The predicted octanol–water partition coefficient (Wildman–Crippen LogP) is 2.55. The number of nitrogens with zero attached hydrogens (tertiary/aromatic N) is 4. The van der Waals surface area contributed by atoms with E-state index in [1.165, 1.54) is 0 Å². The van der Waals surface area contributed by atoms with E-state index >= 15 is 0 Å². The molecule has 2 N–H and O–H groups in total. The van der Waals surface area contributed by atoms with Crippen molar-refractivity contribution in [1.82, 2.24) is 15.0 Å². The minimum Gasteiger partial charge on any atom is -0.370 e. The standard InChI is InChI=1S/C14H18ClN5O/c1-3-20(4-2)14(16)17-9-12-18-13(19-21-12)10-6-5-7-11(15)8-10/h5-8H,3-4,9H2,1-2H3,(H2,16,17). The molecule has 0 saturated heterocycles. The number of rotatable bonds is 5. The van der Waals surface area contributed by atoms with Crippen molar-refractivity contribution in [3.8, 4) is 11.4 Å². The lowest BCUT2D eigenvalue weighted by molar-refractivity contribution is 0.379. The zero-order valence-electron chi connectivity index (χ0n) is 12.1. The number of aliphatic imine (C=N–C) groups is 1. The maximum Gasteiger partial charge on any atom is 0.248 e. The Balaban J connectivity index is 2.09. The van der Waals surface area contributed by atoms with Crippen LogP contribution in [0, 0.1) is 0 Å². The van der Waals surface area contributed by atoms with E-state index in [2.05, 4.69) is 15.1 Å². The van der Waals surface area contributed by atoms with Crippen LogP contribution in [0.15, 0.2) is 33.8 Å². The Bertz CT molecular complexity index is 621. The number of hydrogen-bond acceptors (Lipinski definition) is 4. The van der Waals surface area contributed by atoms with Crippen LogP contribution in [-0.2, 0) is 6.54 Å². The summed E-state index contributed by atoms with van der Waals surface area (Å²) in [5.74, 6) is 1.38. The normalized spacial score (nSPS) is 11.7. The molecule has 0 spiro atoms. The summed E-state index contributed by atoms with van der Waals surface area (Å²) >= 11 is 5.94. The van der Waals surface area contributed by atoms with Gasteiger partial charge >= 0.3 is 0 Å². The van der Waals surface area contributed by atoms with Gasteiger partial charge in [0.15, 0.2) is 5.96 Å². The van der Waals surface area contributed by atoms with Gasteiger partial charge in [-0.25, -0.2) is 4.99 Å². The molecule has 1 aromatic heterocycles. The summed E-state index contributed by atoms with van der Waals surface area (Å²) < 4.78 is 5.17. The highest BCUT2D eigenvalue weighted by Crippen LogP contribution is 2.20. The van der Waals surface area contributed by atoms with Gasteiger partial charge in [0.25, 0.3) is 0 Å². The average Bonchev–Trinajstić information content (AvgIpc) is 2.95. The molecule has 0 radical (unpaired) electrons. The maximum atomic E-state index is 5.94. The predicted molar refractivity (Wildman–Crippen MR) is 83.0 cm³/mol. The zero-order chi connectivity index (χ0) is 15.2. The van der Waals surface area contributed by atoms with Crippen molar-refractivity contribution in [2.75, 3.05) is 13.1 Å². The smallest absolute Gasteiger partial charge is 0.248 e. The third-order valence-corrected chi connectivity index (χ3v) is 3.25. The van der Waals surface area contributed by atoms with Gasteiger partial charge in [-0.15, -0.1) is 0 Å². The molecule has 2 aromatic rings. The van der Waals surface area contributed by atoms with Gasteiger partial charge in [0, 0.05) is 23.7 Å². The number of hydrogen-bond donors (Lipinski definition) is 1. The Morgan fingerprint density at radius 3 is 2.81 bits per heavy atom. The molecule has 7 heteroatoms. The number of halogens is 1. The fourth-order valence-corrected chi connectivity index (χ4v) is 2.05. The van der Waals surface area contributed by atoms with Crippen LogP contribution in [0.2, 0.25) is 5.02 Å². The Morgan fingerprint density at radius 2 is 2.14 bits per heavy atom. The molecule has 0 aliphatic carbocycles. The van der Waals surface area contributed by atoms with E-state index in [0.717, 1.165) is 18.7 Å². The summed E-state index contributed by atoms with van der Waals surface area (Å²) in [6.07, 6.45) is 0. The lowest BCUT2D eigenvalue weighted by Gasteiger charge is -2.18. The number of benzene rings is 1. The molecule has 0 amide bonds. The van der Waals surface area contributed by atoms with Crippen molar-refractivity contribution in [3.05, 3.63) is 35.2 Å². The highest BCUT2D eigenvalue weighted by molar-refractivity contribution is 6.30. The summed E-state index contributed by atoms with van der Waals surface area (Å²) in [6.45, 7) is 5.93. The van der Waals surface area contributed by atoms with Crippen molar-refractivity contribution >= 4 is 17.6 Å². The highest BCUT2D eigenvalue weighted by Gasteiger charge is 2.09. The molecule has 1 aromatic carbocycles. The van der Waals surface area contributed by atoms with E-state index in [0.29, 0.717) is 22.7 Å². The summed E-state index contributed by atoms with van der Waals surface area (Å²) in [4.78, 5) is 10.5. The third kappa shape index (κ3) is 3.95. The quantitative estimate of drug-likeness (QED) is 0.678. The molecular weight excluding hydrogens is 290 g/mol. The molecule has 0 bridgehead atoms. The average molecular weight is 308 g/mol. The van der Waals surface area contributed by atoms with E-state index < -0.39 is 0 Å². The molecule has 0 aliphatic heterocycles. The summed E-state index contributed by atoms with van der Waals surface area (Å²) in [5, 5.41) is 4.55. The molecule has 6 nitrogen and oxygen atoms in total. The largest absolute Gasteiger partial charge is 0.370 e. The lowest BCUT2D eigenvalue weighted by Crippen LogP contribution is -2.37. The van der Waals surface area contributed by atoms with E-state index in [1.807, 2.05) is 30.9 Å². The molecule has 112 valence electrons. The second-order valence-electron chi connectivity index (χ2n) is 4.37. The lowest BCUT2D eigenvalue weighted by atomic mass is 10.2. The second-order valence-corrected chi connectivity index (χ2v) is 4.81. The van der Waals surface area contributed by atoms with Crippen LogP contribution >= 0.6 is 11.6 Å². The Labute approximate surface area is 128 Å². The minimum absolute atomic E-state index is 0.260. The van der Waals surface area contributed by atoms with Crippen molar-refractivity contribution in [3.63, 3.8) is 0 Å². The molecule has 0 aliphatic rings. The fourth-order valence-electron chi connectivity index (χ4n) is 1.86. The van der Waals surface area contributed by atoms with Crippen LogP contribution in [0.1, 0.15) is 19.7 Å². The van der Waals surface area contributed by atoms with Gasteiger partial charge in [0.2, 0.25) is 11.7 Å². The number of aromatic nitrogens is 2. The van der Waals surface area contributed by atoms with Crippen LogP contribution in [0.25, 0.3) is 11.4 Å². The van der Waals surface area contributed by atoms with Crippen LogP contribution in [0.5, 0.6) is 0 Å². The van der Waals surface area contributed by atoms with Gasteiger partial charge in [0.1, 0.15) is 6.54 Å². The van der Waals surface area contributed by atoms with Crippen molar-refractivity contribution in [2.45, 2.75) is 20.4 Å². The van der Waals surface area contributed by atoms with E-state index in [1.54, 1.807) is 12.1 Å². The van der Waals surface area contributed by atoms with Gasteiger partial charge in [-0.1, -0.05) is 28.9 Å². The topological polar surface area (TPSA) is 80.5 Å². The molecule has 0 unspecified atom stereocenters. The van der Waals surface area contributed by atoms with Gasteiger partial charge < -0.3 is 15.2 Å². The van der Waals surface area contributed by atoms with Crippen molar-refractivity contribution < 1.29 is 4.52 Å². The first kappa shape index (κ1) is 15.3. The number of guanidine groups is 1. The molecule has 0 fully saturated rings. The fraction of sp³-hybridized carbons (Fsp3) is 0.357. The van der Waals surface area contributed by atoms with E-state index in [-0.39, 0.29) is 6.54 Å². The molecule has 0 saturated carbocycles. The van der Waals surface area contributed by atoms with Gasteiger partial charge in [-0.05, 0) is 26.0 Å². The van der Waals surface area contributed by atoms with Crippen molar-refractivity contribution in [2.24, 2.45) is 10.7 Å². The summed E-state index contributed by atoms with van der Waals surface area (Å²) in [7, 11) is 0. The maximum absolute atomic E-state index is 5.94. The molecule has 0 atom stereocenters. The molecule has 21 heavy (non-hydrogen) atoms. The van der Waals surface area contributed by atoms with Crippen LogP contribution in [0.4, 0.5) is 0 Å². The third-order valence-electron chi connectivity index (χ3n) is 3.01. The minimum atomic E-state index is 0.260. The Kier molecular flexibility index (Phi) is 5.16.